The molecule has 3 heterocycles. The minimum absolute atomic E-state index is 0.0249. The van der Waals surface area contributed by atoms with Gasteiger partial charge in [0.15, 0.2) is 5.75 Å². The minimum atomic E-state index is -0.737. The van der Waals surface area contributed by atoms with Crippen LogP contribution in [0.3, 0.4) is 0 Å². The first kappa shape index (κ1) is 19.5. The lowest BCUT2D eigenvalue weighted by molar-refractivity contribution is -0.137. The number of hydrogen-bond acceptors (Lipinski definition) is 5. The molecule has 1 fully saturated rings. The Morgan fingerprint density at radius 3 is 2.83 bits per heavy atom. The Hall–Kier alpha value is -2.44. The zero-order valence-electron chi connectivity index (χ0n) is 16.8. The number of hydrogen-bond donors (Lipinski definition) is 1. The number of halogens is 1. The molecule has 0 saturated carbocycles. The summed E-state index contributed by atoms with van der Waals surface area (Å²) in [5, 5.41) is 11.5. The predicted molar refractivity (Wildman–Crippen MR) is 115 cm³/mol. The van der Waals surface area contributed by atoms with Gasteiger partial charge in [-0.05, 0) is 50.0 Å². The van der Waals surface area contributed by atoms with Crippen LogP contribution < -0.4 is 14.6 Å². The van der Waals surface area contributed by atoms with Gasteiger partial charge in [0.05, 0.1) is 30.3 Å². The summed E-state index contributed by atoms with van der Waals surface area (Å²) in [4.78, 5) is 19.2. The number of fused-ring (bicyclic) bond motifs is 3. The van der Waals surface area contributed by atoms with Crippen LogP contribution in [0.25, 0.3) is 0 Å². The Bertz CT molecular complexity index is 972. The SMILES string of the molecule is O=C(O)CCN1CCC2(CC1)COc1cc(ON3CCc4cccc(Cl)c43)ccc12. The van der Waals surface area contributed by atoms with E-state index in [1.165, 1.54) is 11.1 Å². The Morgan fingerprint density at radius 1 is 1.20 bits per heavy atom. The first-order valence-electron chi connectivity index (χ1n) is 10.5. The normalized spacial score (nSPS) is 19.4. The highest BCUT2D eigenvalue weighted by molar-refractivity contribution is 6.33. The predicted octanol–water partition coefficient (Wildman–Crippen LogP) is 3.90. The smallest absolute Gasteiger partial charge is 0.304 e. The Kier molecular flexibility index (Phi) is 4.99. The summed E-state index contributed by atoms with van der Waals surface area (Å²) in [6, 6.07) is 12.1. The summed E-state index contributed by atoms with van der Waals surface area (Å²) >= 11 is 6.39. The van der Waals surface area contributed by atoms with E-state index < -0.39 is 5.97 Å². The average Bonchev–Trinajstić information content (AvgIpc) is 3.30. The van der Waals surface area contributed by atoms with Crippen LogP contribution in [0.4, 0.5) is 5.69 Å². The van der Waals surface area contributed by atoms with Crippen molar-refractivity contribution in [3.63, 3.8) is 0 Å². The molecule has 1 N–H and O–H groups in total. The van der Waals surface area contributed by atoms with E-state index in [-0.39, 0.29) is 11.8 Å². The molecule has 30 heavy (non-hydrogen) atoms. The molecule has 0 bridgehead atoms. The van der Waals surface area contributed by atoms with E-state index in [0.29, 0.717) is 18.2 Å². The summed E-state index contributed by atoms with van der Waals surface area (Å²) < 4.78 is 6.09. The van der Waals surface area contributed by atoms with Crippen LogP contribution in [-0.4, -0.2) is 48.8 Å². The first-order valence-corrected chi connectivity index (χ1v) is 10.9. The molecule has 0 atom stereocenters. The van der Waals surface area contributed by atoms with Gasteiger partial charge in [-0.25, -0.2) is 5.06 Å². The first-order chi connectivity index (χ1) is 14.5. The molecule has 3 aliphatic heterocycles. The van der Waals surface area contributed by atoms with Crippen LogP contribution in [0.1, 0.15) is 30.4 Å². The number of likely N-dealkylation sites (tertiary alicyclic amines) is 1. The number of piperidine rings is 1. The zero-order valence-corrected chi connectivity index (χ0v) is 17.5. The molecule has 0 radical (unpaired) electrons. The number of anilines is 1. The largest absolute Gasteiger partial charge is 0.492 e. The fourth-order valence-corrected chi connectivity index (χ4v) is 5.16. The second kappa shape index (κ2) is 7.67. The third kappa shape index (κ3) is 3.48. The highest BCUT2D eigenvalue weighted by atomic mass is 35.5. The van der Waals surface area contributed by atoms with Crippen LogP contribution >= 0.6 is 11.6 Å². The van der Waals surface area contributed by atoms with Gasteiger partial charge in [-0.1, -0.05) is 29.8 Å². The second-order valence-electron chi connectivity index (χ2n) is 8.40. The van der Waals surface area contributed by atoms with Gasteiger partial charge in [-0.2, -0.15) is 0 Å². The van der Waals surface area contributed by atoms with Crippen molar-refractivity contribution in [1.29, 1.82) is 0 Å². The maximum Gasteiger partial charge on any atom is 0.304 e. The fourth-order valence-electron chi connectivity index (χ4n) is 4.88. The van der Waals surface area contributed by atoms with Gasteiger partial charge in [0.25, 0.3) is 0 Å². The summed E-state index contributed by atoms with van der Waals surface area (Å²) in [5.41, 5.74) is 3.42. The van der Waals surface area contributed by atoms with Crippen molar-refractivity contribution in [3.8, 4) is 11.5 Å². The van der Waals surface area contributed by atoms with Crippen LogP contribution in [0.5, 0.6) is 11.5 Å². The van der Waals surface area contributed by atoms with Crippen molar-refractivity contribution < 1.29 is 19.5 Å². The number of rotatable bonds is 5. The highest BCUT2D eigenvalue weighted by Crippen LogP contribution is 2.47. The molecule has 0 aliphatic carbocycles. The summed E-state index contributed by atoms with van der Waals surface area (Å²) in [6.07, 6.45) is 3.08. The molecule has 0 unspecified atom stereocenters. The number of nitrogens with zero attached hydrogens (tertiary/aromatic N) is 2. The molecule has 0 amide bonds. The Labute approximate surface area is 180 Å². The summed E-state index contributed by atoms with van der Waals surface area (Å²) in [7, 11) is 0. The van der Waals surface area contributed by atoms with Crippen molar-refractivity contribution in [2.24, 2.45) is 0 Å². The molecule has 5 rings (SSSR count). The molecule has 2 aromatic rings. The molecule has 1 saturated heterocycles. The molecule has 1 spiro atoms. The summed E-state index contributed by atoms with van der Waals surface area (Å²) in [5.74, 6) is 0.904. The molecule has 0 aromatic heterocycles. The molecule has 7 heteroatoms. The standard InChI is InChI=1S/C23H25ClN2O4/c24-19-3-1-2-16-6-11-26(22(16)19)30-17-4-5-18-20(14-17)29-15-23(18)8-12-25(13-9-23)10-7-21(27)28/h1-5,14H,6-13,15H2,(H,27,28). The van der Waals surface area contributed by atoms with Crippen LogP contribution in [-0.2, 0) is 16.6 Å². The van der Waals surface area contributed by atoms with Gasteiger partial charge >= 0.3 is 5.97 Å². The van der Waals surface area contributed by atoms with Gasteiger partial charge in [-0.15, -0.1) is 0 Å². The van der Waals surface area contributed by atoms with E-state index in [0.717, 1.165) is 56.1 Å². The van der Waals surface area contributed by atoms with Crippen molar-refractivity contribution in [2.45, 2.75) is 31.1 Å². The lowest BCUT2D eigenvalue weighted by atomic mass is 9.74. The van der Waals surface area contributed by atoms with E-state index in [1.54, 1.807) is 0 Å². The minimum Gasteiger partial charge on any atom is -0.492 e. The number of carboxylic acids is 1. The monoisotopic (exact) mass is 428 g/mol. The van der Waals surface area contributed by atoms with Crippen molar-refractivity contribution >= 4 is 23.3 Å². The zero-order chi connectivity index (χ0) is 20.7. The third-order valence-electron chi connectivity index (χ3n) is 6.60. The molecule has 3 aliphatic rings. The molecule has 2 aromatic carbocycles. The number of aliphatic carboxylic acids is 1. The van der Waals surface area contributed by atoms with Crippen LogP contribution in [0.15, 0.2) is 36.4 Å². The lowest BCUT2D eigenvalue weighted by Crippen LogP contribution is -2.44. The maximum atomic E-state index is 10.8. The van der Waals surface area contributed by atoms with Crippen LogP contribution in [0.2, 0.25) is 5.02 Å². The molecular weight excluding hydrogens is 404 g/mol. The van der Waals surface area contributed by atoms with Gasteiger partial charge in [0.2, 0.25) is 0 Å². The van der Waals surface area contributed by atoms with Gasteiger partial charge < -0.3 is 19.6 Å². The number of hydroxylamine groups is 1. The van der Waals surface area contributed by atoms with E-state index in [9.17, 15) is 4.79 Å². The third-order valence-corrected chi connectivity index (χ3v) is 6.91. The summed E-state index contributed by atoms with van der Waals surface area (Å²) in [6.45, 7) is 3.87. The Morgan fingerprint density at radius 2 is 2.03 bits per heavy atom. The van der Waals surface area contributed by atoms with E-state index in [4.69, 9.17) is 26.3 Å². The number of ether oxygens (including phenoxy) is 1. The Balaban J connectivity index is 1.28. The number of benzene rings is 2. The van der Waals surface area contributed by atoms with Gasteiger partial charge in [0, 0.05) is 23.6 Å². The number of carboxylic acid groups (broad SMARTS) is 1. The van der Waals surface area contributed by atoms with Gasteiger partial charge in [-0.3, -0.25) is 4.79 Å². The quantitative estimate of drug-likeness (QED) is 0.779. The molecule has 6 nitrogen and oxygen atoms in total. The molecular formula is C23H25ClN2O4. The lowest BCUT2D eigenvalue weighted by Gasteiger charge is -2.38. The van der Waals surface area contributed by atoms with Gasteiger partial charge in [0.1, 0.15) is 5.75 Å². The van der Waals surface area contributed by atoms with Crippen molar-refractivity contribution in [3.05, 3.63) is 52.5 Å². The highest BCUT2D eigenvalue weighted by Gasteiger charge is 2.43. The van der Waals surface area contributed by atoms with Crippen molar-refractivity contribution in [1.82, 2.24) is 4.90 Å². The second-order valence-corrected chi connectivity index (χ2v) is 8.81. The topological polar surface area (TPSA) is 62.2 Å². The number of para-hydroxylation sites is 1. The van der Waals surface area contributed by atoms with Crippen LogP contribution in [0, 0.1) is 0 Å². The fraction of sp³-hybridized carbons (Fsp3) is 0.435. The van der Waals surface area contributed by atoms with Crippen molar-refractivity contribution in [2.75, 3.05) is 37.8 Å². The maximum absolute atomic E-state index is 10.8. The average molecular weight is 429 g/mol. The van der Waals surface area contributed by atoms with E-state index >= 15 is 0 Å². The molecule has 158 valence electrons. The number of carbonyl (C=O) groups is 1. The van der Waals surface area contributed by atoms with E-state index in [1.807, 2.05) is 29.3 Å². The van der Waals surface area contributed by atoms with E-state index in [2.05, 4.69) is 17.0 Å².